The number of urea groups is 1. The summed E-state index contributed by atoms with van der Waals surface area (Å²) in [5, 5.41) is 0. The molecule has 0 bridgehead atoms. The minimum atomic E-state index is -0.411. The summed E-state index contributed by atoms with van der Waals surface area (Å²) in [5.41, 5.74) is 6.76. The van der Waals surface area contributed by atoms with Crippen molar-refractivity contribution >= 4 is 11.9 Å². The second-order valence-electron chi connectivity index (χ2n) is 7.39. The molecule has 1 aliphatic carbocycles. The Morgan fingerprint density at radius 2 is 1.78 bits per heavy atom. The van der Waals surface area contributed by atoms with Crippen molar-refractivity contribution < 1.29 is 9.59 Å². The number of nitrogens with two attached hydrogens (primary N) is 1. The summed E-state index contributed by atoms with van der Waals surface area (Å²) in [7, 11) is 0. The molecule has 2 N–H and O–H groups in total. The number of amides is 3. The number of nitrogens with zero attached hydrogens (tertiary/aromatic N) is 2. The SMILES string of the molecule is CC1=CCC(C)C(C)(C)C1C=CC(=O)N1CCN(C(N)=O)CC1. The van der Waals surface area contributed by atoms with Gasteiger partial charge in [0, 0.05) is 32.1 Å². The van der Waals surface area contributed by atoms with Crippen molar-refractivity contribution in [1.29, 1.82) is 0 Å². The van der Waals surface area contributed by atoms with Gasteiger partial charge < -0.3 is 15.5 Å². The lowest BCUT2D eigenvalue weighted by Crippen LogP contribution is -2.51. The molecule has 0 aromatic heterocycles. The minimum absolute atomic E-state index is 0.0240. The molecule has 23 heavy (non-hydrogen) atoms. The Labute approximate surface area is 139 Å². The fourth-order valence-electron chi connectivity index (χ4n) is 3.52. The molecule has 0 aromatic rings. The van der Waals surface area contributed by atoms with Crippen LogP contribution in [-0.2, 0) is 4.79 Å². The average Bonchev–Trinajstić information content (AvgIpc) is 2.51. The molecule has 3 amide bonds. The van der Waals surface area contributed by atoms with Crippen LogP contribution in [0.4, 0.5) is 4.79 Å². The molecule has 1 saturated heterocycles. The van der Waals surface area contributed by atoms with Crippen molar-refractivity contribution in [2.45, 2.75) is 34.1 Å². The lowest BCUT2D eigenvalue weighted by atomic mass is 9.63. The molecule has 1 fully saturated rings. The molecule has 2 atom stereocenters. The maximum atomic E-state index is 12.4. The van der Waals surface area contributed by atoms with Gasteiger partial charge in [0.15, 0.2) is 0 Å². The predicted octanol–water partition coefficient (Wildman–Crippen LogP) is 2.39. The smallest absolute Gasteiger partial charge is 0.314 e. The maximum Gasteiger partial charge on any atom is 0.314 e. The summed E-state index contributed by atoms with van der Waals surface area (Å²) in [4.78, 5) is 26.9. The molecule has 1 aliphatic heterocycles. The van der Waals surface area contributed by atoms with Crippen molar-refractivity contribution in [1.82, 2.24) is 9.80 Å². The van der Waals surface area contributed by atoms with E-state index in [1.54, 1.807) is 15.9 Å². The van der Waals surface area contributed by atoms with Gasteiger partial charge in [0.05, 0.1) is 0 Å². The first-order valence-electron chi connectivity index (χ1n) is 8.41. The van der Waals surface area contributed by atoms with Gasteiger partial charge in [0.1, 0.15) is 0 Å². The van der Waals surface area contributed by atoms with Crippen LogP contribution in [0.1, 0.15) is 34.1 Å². The molecule has 1 heterocycles. The first-order valence-corrected chi connectivity index (χ1v) is 8.41. The van der Waals surface area contributed by atoms with Gasteiger partial charge in [-0.25, -0.2) is 4.79 Å². The molecular formula is C18H29N3O2. The van der Waals surface area contributed by atoms with Gasteiger partial charge in [-0.3, -0.25) is 4.79 Å². The second kappa shape index (κ2) is 6.77. The van der Waals surface area contributed by atoms with Crippen molar-refractivity contribution in [3.63, 3.8) is 0 Å². The summed E-state index contributed by atoms with van der Waals surface area (Å²) in [5.74, 6) is 0.910. The first kappa shape index (κ1) is 17.6. The zero-order chi connectivity index (χ0) is 17.2. The third-order valence-electron chi connectivity index (χ3n) is 5.69. The number of piperazine rings is 1. The molecular weight excluding hydrogens is 290 g/mol. The molecule has 0 spiro atoms. The van der Waals surface area contributed by atoms with Crippen molar-refractivity contribution in [3.8, 4) is 0 Å². The number of carbonyl (C=O) groups excluding carboxylic acids is 2. The summed E-state index contributed by atoms with van der Waals surface area (Å²) in [6.07, 6.45) is 7.17. The maximum absolute atomic E-state index is 12.4. The average molecular weight is 319 g/mol. The van der Waals surface area contributed by atoms with Crippen LogP contribution in [-0.4, -0.2) is 47.9 Å². The number of carbonyl (C=O) groups is 2. The van der Waals surface area contributed by atoms with Crippen LogP contribution in [0.5, 0.6) is 0 Å². The Kier molecular flexibility index (Phi) is 5.17. The Balaban J connectivity index is 2.00. The molecule has 5 nitrogen and oxygen atoms in total. The monoisotopic (exact) mass is 319 g/mol. The zero-order valence-corrected chi connectivity index (χ0v) is 14.7. The van der Waals surface area contributed by atoms with E-state index in [1.807, 2.05) is 0 Å². The predicted molar refractivity (Wildman–Crippen MR) is 91.7 cm³/mol. The van der Waals surface area contributed by atoms with E-state index in [0.29, 0.717) is 38.0 Å². The number of rotatable bonds is 2. The third kappa shape index (κ3) is 3.77. The van der Waals surface area contributed by atoms with Crippen molar-refractivity contribution in [2.75, 3.05) is 26.2 Å². The molecule has 5 heteroatoms. The van der Waals surface area contributed by atoms with Gasteiger partial charge in [0.2, 0.25) is 5.91 Å². The third-order valence-corrected chi connectivity index (χ3v) is 5.69. The Morgan fingerprint density at radius 3 is 2.35 bits per heavy atom. The molecule has 2 unspecified atom stereocenters. The highest BCUT2D eigenvalue weighted by Gasteiger charge is 2.36. The van der Waals surface area contributed by atoms with Crippen LogP contribution >= 0.6 is 0 Å². The second-order valence-corrected chi connectivity index (χ2v) is 7.39. The fraction of sp³-hybridized carbons (Fsp3) is 0.667. The Bertz CT molecular complexity index is 528. The van der Waals surface area contributed by atoms with Gasteiger partial charge in [-0.05, 0) is 30.8 Å². The lowest BCUT2D eigenvalue weighted by Gasteiger charge is -2.42. The standard InChI is InChI=1S/C18H29N3O2/c1-13-5-6-14(2)18(3,4)15(13)7-8-16(22)20-9-11-21(12-10-20)17(19)23/h5,7-8,14-15H,6,9-12H2,1-4H3,(H2,19,23). The van der Waals surface area contributed by atoms with Gasteiger partial charge in [-0.15, -0.1) is 0 Å². The summed E-state index contributed by atoms with van der Waals surface area (Å²) >= 11 is 0. The van der Waals surface area contributed by atoms with Gasteiger partial charge in [-0.1, -0.05) is 38.5 Å². The normalized spacial score (nSPS) is 27.9. The lowest BCUT2D eigenvalue weighted by molar-refractivity contribution is -0.127. The molecule has 2 aliphatic rings. The van der Waals surface area contributed by atoms with Gasteiger partial charge in [0.25, 0.3) is 0 Å². The minimum Gasteiger partial charge on any atom is -0.351 e. The van der Waals surface area contributed by atoms with E-state index in [9.17, 15) is 9.59 Å². The van der Waals surface area contributed by atoms with Crippen LogP contribution in [0.15, 0.2) is 23.8 Å². The van der Waals surface area contributed by atoms with Crippen molar-refractivity contribution in [3.05, 3.63) is 23.8 Å². The molecule has 0 saturated carbocycles. The van der Waals surface area contributed by atoms with E-state index in [1.165, 1.54) is 5.57 Å². The van der Waals surface area contributed by atoms with Gasteiger partial charge in [-0.2, -0.15) is 0 Å². The number of hydrogen-bond donors (Lipinski definition) is 1. The van der Waals surface area contributed by atoms with Gasteiger partial charge >= 0.3 is 6.03 Å². The fourth-order valence-corrected chi connectivity index (χ4v) is 3.52. The van der Waals surface area contributed by atoms with Crippen LogP contribution in [0.2, 0.25) is 0 Å². The highest BCUT2D eigenvalue weighted by Crippen LogP contribution is 2.45. The molecule has 0 radical (unpaired) electrons. The quantitative estimate of drug-likeness (QED) is 0.627. The number of allylic oxidation sites excluding steroid dienone is 3. The Morgan fingerprint density at radius 1 is 1.22 bits per heavy atom. The number of primary amides is 1. The van der Waals surface area contributed by atoms with E-state index in [2.05, 4.69) is 39.8 Å². The molecule has 128 valence electrons. The van der Waals surface area contributed by atoms with Crippen LogP contribution in [0.25, 0.3) is 0 Å². The Hall–Kier alpha value is -1.78. The highest BCUT2D eigenvalue weighted by atomic mass is 16.2. The molecule has 2 rings (SSSR count). The summed E-state index contributed by atoms with van der Waals surface area (Å²) < 4.78 is 0. The highest BCUT2D eigenvalue weighted by molar-refractivity contribution is 5.88. The van der Waals surface area contributed by atoms with Crippen LogP contribution in [0, 0.1) is 17.3 Å². The van der Waals surface area contributed by atoms with Crippen LogP contribution in [0.3, 0.4) is 0 Å². The topological polar surface area (TPSA) is 66.6 Å². The van der Waals surface area contributed by atoms with E-state index in [-0.39, 0.29) is 11.3 Å². The number of hydrogen-bond acceptors (Lipinski definition) is 2. The summed E-state index contributed by atoms with van der Waals surface area (Å²) in [6, 6.07) is -0.411. The van der Waals surface area contributed by atoms with E-state index in [4.69, 9.17) is 5.73 Å². The van der Waals surface area contributed by atoms with Crippen LogP contribution < -0.4 is 5.73 Å². The van der Waals surface area contributed by atoms with E-state index < -0.39 is 6.03 Å². The van der Waals surface area contributed by atoms with E-state index in [0.717, 1.165) is 6.42 Å². The van der Waals surface area contributed by atoms with Crippen molar-refractivity contribution in [2.24, 2.45) is 23.0 Å². The largest absolute Gasteiger partial charge is 0.351 e. The zero-order valence-electron chi connectivity index (χ0n) is 14.7. The summed E-state index contributed by atoms with van der Waals surface area (Å²) in [6.45, 7) is 11.1. The molecule has 0 aromatic carbocycles. The first-order chi connectivity index (χ1) is 10.7. The van der Waals surface area contributed by atoms with E-state index >= 15 is 0 Å².